The number of nitrogens with one attached hydrogen (secondary N) is 2. The molecule has 0 aliphatic carbocycles. The number of H-pyrrole nitrogens is 1. The highest BCUT2D eigenvalue weighted by Crippen LogP contribution is 2.39. The maximum Gasteiger partial charge on any atom is 0.321 e. The number of benzene rings is 1. The van der Waals surface area contributed by atoms with Gasteiger partial charge in [-0.15, -0.1) is 0 Å². The van der Waals surface area contributed by atoms with E-state index in [2.05, 4.69) is 9.97 Å². The topological polar surface area (TPSA) is 109 Å². The third-order valence-corrected chi connectivity index (χ3v) is 5.16. The largest absolute Gasteiger partial charge is 0.489 e. The lowest BCUT2D eigenvalue weighted by Gasteiger charge is -2.18. The maximum atomic E-state index is 14.3. The molecule has 0 bridgehead atoms. The van der Waals surface area contributed by atoms with Crippen molar-refractivity contribution in [3.8, 4) is 22.6 Å². The van der Waals surface area contributed by atoms with Gasteiger partial charge >= 0.3 is 5.56 Å². The molecule has 0 saturated carbocycles. The Morgan fingerprint density at radius 2 is 1.97 bits per heavy atom. The quantitative estimate of drug-likeness (QED) is 0.254. The predicted molar refractivity (Wildman–Crippen MR) is 122 cm³/mol. The van der Waals surface area contributed by atoms with E-state index in [1.165, 1.54) is 12.1 Å². The number of hydrogen-bond acceptors (Lipinski definition) is 5. The summed E-state index contributed by atoms with van der Waals surface area (Å²) in [6, 6.07) is 8.20. The Labute approximate surface area is 183 Å². The maximum absolute atomic E-state index is 14.3. The Bertz CT molecular complexity index is 1400. The summed E-state index contributed by atoms with van der Waals surface area (Å²) in [5.41, 5.74) is 7.97. The molecule has 0 atom stereocenters. The summed E-state index contributed by atoms with van der Waals surface area (Å²) in [5, 5.41) is 8.51. The fourth-order valence-corrected chi connectivity index (χ4v) is 3.78. The van der Waals surface area contributed by atoms with E-state index < -0.39 is 5.82 Å². The number of anilines is 1. The first-order valence-electron chi connectivity index (χ1n) is 10.1. The minimum Gasteiger partial charge on any atom is -0.489 e. The molecule has 32 heavy (non-hydrogen) atoms. The molecule has 0 fully saturated rings. The monoisotopic (exact) mass is 432 g/mol. The van der Waals surface area contributed by atoms with Gasteiger partial charge in [0.1, 0.15) is 11.6 Å². The molecule has 0 aliphatic heterocycles. The first kappa shape index (κ1) is 21.2. The van der Waals surface area contributed by atoms with Crippen LogP contribution in [0.3, 0.4) is 0 Å². The number of hydrogen-bond donors (Lipinski definition) is 3. The zero-order valence-corrected chi connectivity index (χ0v) is 17.9. The Hall–Kier alpha value is -4.07. The summed E-state index contributed by atoms with van der Waals surface area (Å²) >= 11 is 0. The zero-order chi connectivity index (χ0) is 23.0. The van der Waals surface area contributed by atoms with Crippen molar-refractivity contribution in [3.63, 3.8) is 0 Å². The number of ether oxygens (including phenoxy) is 1. The number of aromatic amines is 1. The third-order valence-electron chi connectivity index (χ3n) is 5.16. The molecule has 162 valence electrons. The molecule has 0 spiro atoms. The fourth-order valence-electron chi connectivity index (χ4n) is 3.78. The molecule has 0 saturated heterocycles. The molecule has 0 radical (unpaired) electrons. The highest BCUT2D eigenvalue weighted by Gasteiger charge is 2.28. The van der Waals surface area contributed by atoms with Gasteiger partial charge in [-0.2, -0.15) is 4.57 Å². The first-order valence-corrected chi connectivity index (χ1v) is 10.1. The highest BCUT2D eigenvalue weighted by molar-refractivity contribution is 6.07. The summed E-state index contributed by atoms with van der Waals surface area (Å²) in [4.78, 5) is 20.7. The summed E-state index contributed by atoms with van der Waals surface area (Å²) in [6.45, 7) is 5.57. The average molecular weight is 432 g/mol. The van der Waals surface area contributed by atoms with Gasteiger partial charge in [0.15, 0.2) is 12.4 Å². The molecular weight excluding hydrogens is 409 g/mol. The van der Waals surface area contributed by atoms with Crippen LogP contribution in [0.5, 0.6) is 5.75 Å². The van der Waals surface area contributed by atoms with Crippen molar-refractivity contribution in [3.05, 3.63) is 76.4 Å². The standard InChI is InChI=1S/C24H22FN5O2/c1-13(2)32-18-12-28-14(3)22-20(18)19(15-7-8-17(25)21(27)16(15)11-26)23(24(31)29-22)30-9-5-4-6-10-30/h4-13H,1-3H3,(H3-,26,27,29,31)/p+1. The van der Waals surface area contributed by atoms with Crippen LogP contribution in [0.15, 0.2) is 53.7 Å². The van der Waals surface area contributed by atoms with Crippen LogP contribution in [-0.2, 0) is 0 Å². The van der Waals surface area contributed by atoms with Gasteiger partial charge in [-0.1, -0.05) is 12.1 Å². The number of fused-ring (bicyclic) bond motifs is 1. The van der Waals surface area contributed by atoms with Crippen molar-refractivity contribution in [1.82, 2.24) is 9.97 Å². The molecular formula is C24H23FN5O2+. The van der Waals surface area contributed by atoms with Crippen LogP contribution in [0.25, 0.3) is 27.7 Å². The molecule has 3 heterocycles. The molecule has 7 nitrogen and oxygen atoms in total. The number of pyridine rings is 3. The van der Waals surface area contributed by atoms with Gasteiger partial charge in [-0.05, 0) is 26.8 Å². The van der Waals surface area contributed by atoms with Crippen molar-refractivity contribution in [2.75, 3.05) is 5.73 Å². The number of rotatable bonds is 5. The van der Waals surface area contributed by atoms with Crippen LogP contribution in [0.4, 0.5) is 10.1 Å². The van der Waals surface area contributed by atoms with Gasteiger partial charge in [0.05, 0.1) is 40.1 Å². The Morgan fingerprint density at radius 1 is 1.25 bits per heavy atom. The lowest BCUT2D eigenvalue weighted by Crippen LogP contribution is -2.37. The van der Waals surface area contributed by atoms with E-state index in [0.717, 1.165) is 6.21 Å². The van der Waals surface area contributed by atoms with Crippen molar-refractivity contribution in [2.45, 2.75) is 26.9 Å². The minimum absolute atomic E-state index is 0.157. The van der Waals surface area contributed by atoms with Crippen LogP contribution in [0.1, 0.15) is 25.1 Å². The SMILES string of the molecule is Cc1ncc(OC(C)C)c2c(-c3ccc(F)c(N)c3C=N)c(-[n+]3ccccc3)c(=O)[nH]c12. The third kappa shape index (κ3) is 3.49. The molecule has 0 unspecified atom stereocenters. The molecule has 1 aromatic carbocycles. The van der Waals surface area contributed by atoms with Crippen molar-refractivity contribution >= 4 is 22.8 Å². The van der Waals surface area contributed by atoms with E-state index >= 15 is 0 Å². The number of nitrogen functional groups attached to an aromatic ring is 1. The lowest BCUT2D eigenvalue weighted by atomic mass is 9.93. The average Bonchev–Trinajstić information content (AvgIpc) is 2.77. The summed E-state index contributed by atoms with van der Waals surface area (Å²) in [6.07, 6.45) is 5.94. The summed E-state index contributed by atoms with van der Waals surface area (Å²) < 4.78 is 22.0. The summed E-state index contributed by atoms with van der Waals surface area (Å²) in [5.74, 6) is -0.171. The fraction of sp³-hybridized carbons (Fsp3) is 0.167. The Balaban J connectivity index is 2.28. The smallest absolute Gasteiger partial charge is 0.321 e. The van der Waals surface area contributed by atoms with Crippen molar-refractivity contribution < 1.29 is 13.7 Å². The first-order chi connectivity index (χ1) is 15.3. The number of halogens is 1. The van der Waals surface area contributed by atoms with Gasteiger partial charge in [0, 0.05) is 29.5 Å². The summed E-state index contributed by atoms with van der Waals surface area (Å²) in [7, 11) is 0. The number of nitrogens with two attached hydrogens (primary N) is 1. The van der Waals surface area contributed by atoms with E-state index in [1.54, 1.807) is 42.2 Å². The lowest BCUT2D eigenvalue weighted by molar-refractivity contribution is -0.596. The second-order valence-corrected chi connectivity index (χ2v) is 7.65. The van der Waals surface area contributed by atoms with Crippen molar-refractivity contribution in [1.29, 1.82) is 5.41 Å². The van der Waals surface area contributed by atoms with E-state index in [1.807, 2.05) is 19.9 Å². The van der Waals surface area contributed by atoms with Gasteiger partial charge in [0.2, 0.25) is 0 Å². The molecule has 4 N–H and O–H groups in total. The van der Waals surface area contributed by atoms with Crippen LogP contribution in [0, 0.1) is 18.2 Å². The van der Waals surface area contributed by atoms with E-state index in [9.17, 15) is 9.18 Å². The van der Waals surface area contributed by atoms with Gasteiger partial charge in [-0.3, -0.25) is 9.78 Å². The molecule has 0 aliphatic rings. The normalized spacial score (nSPS) is 11.2. The number of nitrogens with zero attached hydrogens (tertiary/aromatic N) is 2. The van der Waals surface area contributed by atoms with Crippen LogP contribution in [-0.4, -0.2) is 22.3 Å². The Kier molecular flexibility index (Phi) is 5.44. The van der Waals surface area contributed by atoms with Crippen LogP contribution >= 0.6 is 0 Å². The molecule has 4 rings (SSSR count). The molecule has 8 heteroatoms. The van der Waals surface area contributed by atoms with E-state index in [-0.39, 0.29) is 22.9 Å². The van der Waals surface area contributed by atoms with Crippen LogP contribution in [0.2, 0.25) is 0 Å². The second-order valence-electron chi connectivity index (χ2n) is 7.65. The highest BCUT2D eigenvalue weighted by atomic mass is 19.1. The number of aryl methyl sites for hydroxylation is 1. The molecule has 4 aromatic rings. The molecule has 0 amide bonds. The van der Waals surface area contributed by atoms with E-state index in [0.29, 0.717) is 39.2 Å². The van der Waals surface area contributed by atoms with E-state index in [4.69, 9.17) is 15.9 Å². The van der Waals surface area contributed by atoms with Crippen LogP contribution < -0.4 is 20.6 Å². The zero-order valence-electron chi connectivity index (χ0n) is 17.9. The van der Waals surface area contributed by atoms with Crippen molar-refractivity contribution in [2.24, 2.45) is 0 Å². The van der Waals surface area contributed by atoms with Gasteiger partial charge in [0.25, 0.3) is 5.69 Å². The Morgan fingerprint density at radius 3 is 2.62 bits per heavy atom. The number of aromatic nitrogens is 3. The van der Waals surface area contributed by atoms with Gasteiger partial charge in [-0.25, -0.2) is 4.39 Å². The van der Waals surface area contributed by atoms with Gasteiger partial charge < -0.3 is 20.9 Å². The second kappa shape index (κ2) is 8.22. The molecule has 3 aromatic heterocycles. The predicted octanol–water partition coefficient (Wildman–Crippen LogP) is 3.68. The minimum atomic E-state index is -0.633.